The number of rotatable bonds is 7. The van der Waals surface area contributed by atoms with Crippen molar-refractivity contribution in [2.24, 2.45) is 0 Å². The van der Waals surface area contributed by atoms with Crippen molar-refractivity contribution in [3.8, 4) is 28.0 Å². The fourth-order valence-corrected chi connectivity index (χ4v) is 3.94. The van der Waals surface area contributed by atoms with Gasteiger partial charge in [-0.3, -0.25) is 0 Å². The van der Waals surface area contributed by atoms with Crippen LogP contribution in [0.25, 0.3) is 22.3 Å². The largest absolute Gasteiger partial charge is 0.489 e. The summed E-state index contributed by atoms with van der Waals surface area (Å²) in [6, 6.07) is 22.7. The molecule has 34 heavy (non-hydrogen) atoms. The predicted molar refractivity (Wildman–Crippen MR) is 126 cm³/mol. The lowest BCUT2D eigenvalue weighted by molar-refractivity contribution is 0.297. The Kier molecular flexibility index (Phi) is 6.12. The zero-order valence-corrected chi connectivity index (χ0v) is 18.7. The highest BCUT2D eigenvalue weighted by Crippen LogP contribution is 2.34. The van der Waals surface area contributed by atoms with Crippen LogP contribution in [0.2, 0.25) is 0 Å². The van der Waals surface area contributed by atoms with Gasteiger partial charge in [0.1, 0.15) is 24.3 Å². The van der Waals surface area contributed by atoms with E-state index in [0.29, 0.717) is 23.5 Å². The fourth-order valence-electron chi connectivity index (χ4n) is 3.94. The Morgan fingerprint density at radius 3 is 2.12 bits per heavy atom. The molecule has 4 aromatic rings. The molecule has 1 fully saturated rings. The zero-order chi connectivity index (χ0) is 23.7. The van der Waals surface area contributed by atoms with E-state index in [1.807, 2.05) is 25.1 Å². The van der Waals surface area contributed by atoms with E-state index in [1.54, 1.807) is 54.6 Å². The quantitative estimate of drug-likeness (QED) is 0.264. The van der Waals surface area contributed by atoms with Crippen LogP contribution < -0.4 is 4.74 Å². The van der Waals surface area contributed by atoms with Gasteiger partial charge in [0.25, 0.3) is 0 Å². The second-order valence-corrected chi connectivity index (χ2v) is 8.32. The average Bonchev–Trinajstić information content (AvgIpc) is 3.71. The normalized spacial score (nSPS) is 14.8. The lowest BCUT2D eigenvalue weighted by Crippen LogP contribution is -2.02. The molecule has 0 saturated carbocycles. The van der Waals surface area contributed by atoms with Gasteiger partial charge >= 0.3 is 0 Å². The molecule has 0 aromatic heterocycles. The van der Waals surface area contributed by atoms with Gasteiger partial charge in [0.2, 0.25) is 0 Å². The number of benzene rings is 4. The summed E-state index contributed by atoms with van der Waals surface area (Å²) >= 11 is 0. The molecule has 0 radical (unpaired) electrons. The summed E-state index contributed by atoms with van der Waals surface area (Å²) in [5.41, 5.74) is 4.26. The minimum atomic E-state index is -0.913. The average molecular weight is 460 g/mol. The molecule has 5 rings (SSSR count). The summed E-state index contributed by atoms with van der Waals surface area (Å²) in [4.78, 5) is 0. The van der Waals surface area contributed by atoms with Crippen LogP contribution in [0.1, 0.15) is 29.7 Å². The van der Waals surface area contributed by atoms with E-state index >= 15 is 0 Å². The van der Waals surface area contributed by atoms with Crippen molar-refractivity contribution in [2.75, 3.05) is 6.61 Å². The number of hydrogen-bond acceptors (Lipinski definition) is 2. The van der Waals surface area contributed by atoms with Crippen molar-refractivity contribution in [1.82, 2.24) is 0 Å². The molecule has 2 nitrogen and oxygen atoms in total. The number of ether oxygens (including phenoxy) is 2. The zero-order valence-electron chi connectivity index (χ0n) is 18.7. The third-order valence-electron chi connectivity index (χ3n) is 6.10. The molecule has 0 spiro atoms. The van der Waals surface area contributed by atoms with Crippen molar-refractivity contribution >= 4 is 0 Å². The molecular formula is C29H23F3O2. The molecule has 0 aliphatic carbocycles. The van der Waals surface area contributed by atoms with Gasteiger partial charge in [-0.25, -0.2) is 13.2 Å². The summed E-state index contributed by atoms with van der Waals surface area (Å²) in [5, 5.41) is 0. The molecule has 5 heteroatoms. The van der Waals surface area contributed by atoms with Crippen LogP contribution in [0.15, 0.2) is 78.9 Å². The Morgan fingerprint density at radius 1 is 0.794 bits per heavy atom. The monoisotopic (exact) mass is 460 g/mol. The highest BCUT2D eigenvalue weighted by molar-refractivity contribution is 5.66. The molecule has 0 amide bonds. The minimum absolute atomic E-state index is 0.109. The molecule has 0 bridgehead atoms. The standard InChI is InChI=1S/C29H23F3O2/c1-2-18-3-5-20(6-4-18)24-13-10-22(28(31)29(24)32)16-33-23-11-7-19(8-12-23)21-9-14-25(26(30)15-21)27-17-34-27/h3-15,27H,2,16-17H2,1H3. The third kappa shape index (κ3) is 4.57. The smallest absolute Gasteiger partial charge is 0.167 e. The second-order valence-electron chi connectivity index (χ2n) is 8.32. The summed E-state index contributed by atoms with van der Waals surface area (Å²) in [7, 11) is 0. The number of halogens is 3. The van der Waals surface area contributed by atoms with Crippen molar-refractivity contribution in [2.45, 2.75) is 26.1 Å². The molecule has 1 aliphatic rings. The third-order valence-corrected chi connectivity index (χ3v) is 6.10. The summed E-state index contributed by atoms with van der Waals surface area (Å²) in [6.45, 7) is 2.49. The summed E-state index contributed by atoms with van der Waals surface area (Å²) < 4.78 is 54.6. The first-order valence-corrected chi connectivity index (χ1v) is 11.2. The van der Waals surface area contributed by atoms with E-state index in [9.17, 15) is 13.2 Å². The van der Waals surface area contributed by atoms with Crippen LogP contribution in [-0.4, -0.2) is 6.61 Å². The molecule has 4 aromatic carbocycles. The van der Waals surface area contributed by atoms with Gasteiger partial charge in [0, 0.05) is 16.7 Å². The first-order chi connectivity index (χ1) is 16.5. The van der Waals surface area contributed by atoms with Crippen molar-refractivity contribution in [3.05, 3.63) is 113 Å². The maximum Gasteiger partial charge on any atom is 0.167 e. The van der Waals surface area contributed by atoms with E-state index in [-0.39, 0.29) is 29.7 Å². The Morgan fingerprint density at radius 2 is 1.47 bits per heavy atom. The maximum atomic E-state index is 14.7. The second kappa shape index (κ2) is 9.35. The SMILES string of the molecule is CCc1ccc(-c2ccc(COc3ccc(-c4ccc(C5CO5)c(F)c4)cc3)c(F)c2F)cc1. The van der Waals surface area contributed by atoms with E-state index in [0.717, 1.165) is 23.1 Å². The molecule has 1 unspecified atom stereocenters. The molecule has 1 saturated heterocycles. The van der Waals surface area contributed by atoms with E-state index < -0.39 is 11.6 Å². The van der Waals surface area contributed by atoms with E-state index in [1.165, 1.54) is 6.07 Å². The van der Waals surface area contributed by atoms with Crippen LogP contribution in [0, 0.1) is 17.5 Å². The van der Waals surface area contributed by atoms with Crippen LogP contribution in [0.3, 0.4) is 0 Å². The lowest BCUT2D eigenvalue weighted by atomic mass is 10.0. The van der Waals surface area contributed by atoms with Crippen molar-refractivity contribution < 1.29 is 22.6 Å². The fraction of sp³-hybridized carbons (Fsp3) is 0.172. The van der Waals surface area contributed by atoms with Crippen LogP contribution >= 0.6 is 0 Å². The number of hydrogen-bond donors (Lipinski definition) is 0. The van der Waals surface area contributed by atoms with Crippen LogP contribution in [0.5, 0.6) is 5.75 Å². The number of aryl methyl sites for hydroxylation is 1. The van der Waals surface area contributed by atoms with Gasteiger partial charge in [0.05, 0.1) is 6.61 Å². The van der Waals surface area contributed by atoms with E-state index in [4.69, 9.17) is 9.47 Å². The molecular weight excluding hydrogens is 437 g/mol. The molecule has 1 atom stereocenters. The molecule has 1 aliphatic heterocycles. The maximum absolute atomic E-state index is 14.7. The molecule has 1 heterocycles. The Hall–Kier alpha value is -3.57. The van der Waals surface area contributed by atoms with Gasteiger partial charge in [-0.1, -0.05) is 67.6 Å². The van der Waals surface area contributed by atoms with Crippen molar-refractivity contribution in [3.63, 3.8) is 0 Å². The van der Waals surface area contributed by atoms with Crippen LogP contribution in [-0.2, 0) is 17.8 Å². The van der Waals surface area contributed by atoms with E-state index in [2.05, 4.69) is 0 Å². The first kappa shape index (κ1) is 22.2. The highest BCUT2D eigenvalue weighted by atomic mass is 19.2. The van der Waals surface area contributed by atoms with Gasteiger partial charge in [-0.15, -0.1) is 0 Å². The Balaban J connectivity index is 1.27. The lowest BCUT2D eigenvalue weighted by Gasteiger charge is -2.11. The van der Waals surface area contributed by atoms with Crippen molar-refractivity contribution in [1.29, 1.82) is 0 Å². The minimum Gasteiger partial charge on any atom is -0.489 e. The molecule has 0 N–H and O–H groups in total. The number of epoxide rings is 1. The highest BCUT2D eigenvalue weighted by Gasteiger charge is 2.27. The van der Waals surface area contributed by atoms with Gasteiger partial charge in [-0.2, -0.15) is 0 Å². The van der Waals surface area contributed by atoms with Gasteiger partial charge in [0.15, 0.2) is 11.6 Å². The van der Waals surface area contributed by atoms with Gasteiger partial charge < -0.3 is 9.47 Å². The molecule has 172 valence electrons. The van der Waals surface area contributed by atoms with Gasteiger partial charge in [-0.05, 0) is 46.9 Å². The predicted octanol–water partition coefficient (Wildman–Crippen LogP) is 7.65. The summed E-state index contributed by atoms with van der Waals surface area (Å²) in [6.07, 6.45) is 0.749. The Labute approximate surface area is 196 Å². The Bertz CT molecular complexity index is 1310. The topological polar surface area (TPSA) is 21.8 Å². The summed E-state index contributed by atoms with van der Waals surface area (Å²) in [5.74, 6) is -1.58. The van der Waals surface area contributed by atoms with Crippen LogP contribution in [0.4, 0.5) is 13.2 Å². The first-order valence-electron chi connectivity index (χ1n) is 11.2.